The van der Waals surface area contributed by atoms with Crippen LogP contribution in [0.5, 0.6) is 0 Å². The van der Waals surface area contributed by atoms with E-state index in [-0.39, 0.29) is 24.3 Å². The number of nitrogens with one attached hydrogen (secondary N) is 2. The average Bonchev–Trinajstić information content (AvgIpc) is 2.59. The average molecular weight is 323 g/mol. The van der Waals surface area contributed by atoms with Crippen LogP contribution in [0.3, 0.4) is 0 Å². The van der Waals surface area contributed by atoms with Gasteiger partial charge >= 0.3 is 0 Å². The van der Waals surface area contributed by atoms with E-state index in [1.54, 1.807) is 36.4 Å². The number of amides is 3. The summed E-state index contributed by atoms with van der Waals surface area (Å²) in [5.41, 5.74) is 2.71. The lowest BCUT2D eigenvalue weighted by atomic mass is 10.1. The molecule has 2 aromatic carbocycles. The highest BCUT2D eigenvalue weighted by Crippen LogP contribution is 2.30. The number of para-hydroxylation sites is 2. The van der Waals surface area contributed by atoms with E-state index in [0.717, 1.165) is 5.56 Å². The fourth-order valence-electron chi connectivity index (χ4n) is 2.56. The van der Waals surface area contributed by atoms with E-state index in [0.29, 0.717) is 23.5 Å². The molecule has 0 fully saturated rings. The molecule has 0 unspecified atom stereocenters. The van der Waals surface area contributed by atoms with Crippen molar-refractivity contribution in [1.29, 1.82) is 0 Å². The zero-order valence-electron chi connectivity index (χ0n) is 13.2. The highest BCUT2D eigenvalue weighted by atomic mass is 16.2. The first-order valence-electron chi connectivity index (χ1n) is 7.59. The Hall–Kier alpha value is -3.15. The molecule has 1 aliphatic heterocycles. The second-order valence-electron chi connectivity index (χ2n) is 5.56. The molecule has 0 saturated heterocycles. The number of fused-ring (bicyclic) bond motifs is 1. The molecule has 24 heavy (non-hydrogen) atoms. The van der Waals surface area contributed by atoms with E-state index in [4.69, 9.17) is 0 Å². The molecule has 6 nitrogen and oxygen atoms in total. The van der Waals surface area contributed by atoms with Crippen LogP contribution >= 0.6 is 0 Å². The van der Waals surface area contributed by atoms with Crippen molar-refractivity contribution in [1.82, 2.24) is 5.32 Å². The van der Waals surface area contributed by atoms with E-state index in [2.05, 4.69) is 10.6 Å². The first-order chi connectivity index (χ1) is 11.5. The van der Waals surface area contributed by atoms with Gasteiger partial charge in [-0.25, -0.2) is 0 Å². The number of benzene rings is 2. The third-order valence-electron chi connectivity index (χ3n) is 3.76. The largest absolute Gasteiger partial charge is 0.352 e. The molecule has 0 radical (unpaired) electrons. The molecule has 122 valence electrons. The smallest absolute Gasteiger partial charge is 0.258 e. The van der Waals surface area contributed by atoms with Crippen molar-refractivity contribution in [2.75, 3.05) is 16.8 Å². The predicted molar refractivity (Wildman–Crippen MR) is 90.7 cm³/mol. The van der Waals surface area contributed by atoms with E-state index >= 15 is 0 Å². The summed E-state index contributed by atoms with van der Waals surface area (Å²) in [5, 5.41) is 5.47. The van der Waals surface area contributed by atoms with Gasteiger partial charge in [-0.1, -0.05) is 24.3 Å². The molecule has 0 saturated carbocycles. The molecule has 0 spiro atoms. The molecule has 1 aliphatic rings. The second kappa shape index (κ2) is 6.54. The number of carbonyl (C=O) groups excluding carboxylic acids is 3. The number of hydrogen-bond donors (Lipinski definition) is 2. The maximum atomic E-state index is 12.8. The Bertz CT molecular complexity index is 799. The first-order valence-corrected chi connectivity index (χ1v) is 7.59. The van der Waals surface area contributed by atoms with Crippen LogP contribution in [0.1, 0.15) is 22.8 Å². The Balaban J connectivity index is 1.82. The normalized spacial score (nSPS) is 13.0. The highest BCUT2D eigenvalue weighted by molar-refractivity contribution is 6.15. The lowest BCUT2D eigenvalue weighted by Gasteiger charge is -2.29. The van der Waals surface area contributed by atoms with Crippen molar-refractivity contribution in [2.45, 2.75) is 13.5 Å². The third-order valence-corrected chi connectivity index (χ3v) is 3.76. The molecule has 6 heteroatoms. The minimum Gasteiger partial charge on any atom is -0.352 e. The maximum absolute atomic E-state index is 12.8. The van der Waals surface area contributed by atoms with Gasteiger partial charge in [0, 0.05) is 19.0 Å². The monoisotopic (exact) mass is 323 g/mol. The van der Waals surface area contributed by atoms with Crippen LogP contribution in [0, 0.1) is 0 Å². The Morgan fingerprint density at radius 1 is 1.12 bits per heavy atom. The summed E-state index contributed by atoms with van der Waals surface area (Å²) in [6.07, 6.45) is 0. The Morgan fingerprint density at radius 3 is 2.54 bits per heavy atom. The molecular weight excluding hydrogens is 306 g/mol. The van der Waals surface area contributed by atoms with Crippen LogP contribution in [-0.2, 0) is 16.1 Å². The lowest BCUT2D eigenvalue weighted by Crippen LogP contribution is -2.42. The zero-order chi connectivity index (χ0) is 17.1. The van der Waals surface area contributed by atoms with Crippen LogP contribution in [0.4, 0.5) is 11.4 Å². The predicted octanol–water partition coefficient (Wildman–Crippen LogP) is 1.92. The summed E-state index contributed by atoms with van der Waals surface area (Å²) < 4.78 is 0. The van der Waals surface area contributed by atoms with Gasteiger partial charge in [0.05, 0.1) is 11.4 Å². The van der Waals surface area contributed by atoms with Gasteiger partial charge in [-0.3, -0.25) is 19.3 Å². The van der Waals surface area contributed by atoms with Gasteiger partial charge < -0.3 is 10.6 Å². The van der Waals surface area contributed by atoms with Crippen LogP contribution in [-0.4, -0.2) is 24.3 Å². The van der Waals surface area contributed by atoms with Crippen LogP contribution in [0.2, 0.25) is 0 Å². The minimum atomic E-state index is -0.233. The molecule has 2 N–H and O–H groups in total. The van der Waals surface area contributed by atoms with Crippen molar-refractivity contribution < 1.29 is 14.4 Å². The van der Waals surface area contributed by atoms with Crippen molar-refractivity contribution >= 4 is 29.1 Å². The molecule has 2 aromatic rings. The van der Waals surface area contributed by atoms with Gasteiger partial charge in [0.1, 0.15) is 6.54 Å². The van der Waals surface area contributed by atoms with Crippen LogP contribution in [0.15, 0.2) is 48.5 Å². The van der Waals surface area contributed by atoms with E-state index in [1.165, 1.54) is 11.8 Å². The highest BCUT2D eigenvalue weighted by Gasteiger charge is 2.27. The van der Waals surface area contributed by atoms with Crippen LogP contribution in [0.25, 0.3) is 0 Å². The zero-order valence-corrected chi connectivity index (χ0v) is 13.2. The second-order valence-corrected chi connectivity index (χ2v) is 5.56. The van der Waals surface area contributed by atoms with Gasteiger partial charge in [0.15, 0.2) is 0 Å². The third kappa shape index (κ3) is 3.27. The van der Waals surface area contributed by atoms with Crippen molar-refractivity contribution in [2.24, 2.45) is 0 Å². The summed E-state index contributed by atoms with van der Waals surface area (Å²) >= 11 is 0. The molecular formula is C18H17N3O3. The molecule has 3 rings (SSSR count). The van der Waals surface area contributed by atoms with Crippen molar-refractivity contribution in [3.05, 3.63) is 59.7 Å². The van der Waals surface area contributed by atoms with Gasteiger partial charge in [-0.2, -0.15) is 0 Å². The van der Waals surface area contributed by atoms with E-state index < -0.39 is 0 Å². The van der Waals surface area contributed by atoms with E-state index in [1.807, 2.05) is 12.1 Å². The Kier molecular flexibility index (Phi) is 4.29. The number of nitrogens with zero attached hydrogens (tertiary/aromatic N) is 1. The van der Waals surface area contributed by atoms with Gasteiger partial charge in [-0.15, -0.1) is 0 Å². The van der Waals surface area contributed by atoms with Crippen molar-refractivity contribution in [3.8, 4) is 0 Å². The fourth-order valence-corrected chi connectivity index (χ4v) is 2.56. The van der Waals surface area contributed by atoms with E-state index in [9.17, 15) is 14.4 Å². The van der Waals surface area contributed by atoms with Gasteiger partial charge in [-0.05, 0) is 29.8 Å². The summed E-state index contributed by atoms with van der Waals surface area (Å²) in [6, 6.07) is 14.2. The molecule has 3 amide bonds. The van der Waals surface area contributed by atoms with Gasteiger partial charge in [0.25, 0.3) is 5.91 Å². The SMILES string of the molecule is CC(=O)NCc1ccc(C(=O)N2CC(=O)Nc3ccccc32)cc1. The quantitative estimate of drug-likeness (QED) is 0.906. The summed E-state index contributed by atoms with van der Waals surface area (Å²) in [6.45, 7) is 1.86. The molecule has 0 bridgehead atoms. The lowest BCUT2D eigenvalue weighted by molar-refractivity contribution is -0.119. The standard InChI is InChI=1S/C18H17N3O3/c1-12(22)19-10-13-6-8-14(9-7-13)18(24)21-11-17(23)20-15-4-2-3-5-16(15)21/h2-9H,10-11H2,1H3,(H,19,22)(H,20,23). The first kappa shape index (κ1) is 15.7. The minimum absolute atomic E-state index is 0.0104. The summed E-state index contributed by atoms with van der Waals surface area (Å²) in [4.78, 5) is 37.0. The topological polar surface area (TPSA) is 78.5 Å². The number of carbonyl (C=O) groups is 3. The molecule has 1 heterocycles. The van der Waals surface area contributed by atoms with Gasteiger partial charge in [0.2, 0.25) is 11.8 Å². The summed E-state index contributed by atoms with van der Waals surface area (Å²) in [7, 11) is 0. The molecule has 0 aromatic heterocycles. The summed E-state index contributed by atoms with van der Waals surface area (Å²) in [5.74, 6) is -0.557. The number of hydrogen-bond acceptors (Lipinski definition) is 3. The number of rotatable bonds is 3. The molecule has 0 aliphatic carbocycles. The number of anilines is 2. The maximum Gasteiger partial charge on any atom is 0.258 e. The van der Waals surface area contributed by atoms with Crippen LogP contribution < -0.4 is 15.5 Å². The fraction of sp³-hybridized carbons (Fsp3) is 0.167. The Labute approximate surface area is 139 Å². The Morgan fingerprint density at radius 2 is 1.83 bits per heavy atom. The van der Waals surface area contributed by atoms with Crippen molar-refractivity contribution in [3.63, 3.8) is 0 Å². The molecule has 0 atom stereocenters.